The number of likely N-dealkylation sites (tertiary alicyclic amines) is 1. The van der Waals surface area contributed by atoms with E-state index in [0.717, 1.165) is 26.1 Å². The standard InChI is InChI=1S/C12H22N2O/c1-12(2)7-9-14(10-12)11(15)6-5-8-13(3)4/h5-6H,7-10H2,1-4H3/b6-5+. The van der Waals surface area contributed by atoms with Crippen LogP contribution in [0, 0.1) is 5.41 Å². The maximum absolute atomic E-state index is 11.7. The predicted molar refractivity (Wildman–Crippen MR) is 62.7 cm³/mol. The fourth-order valence-electron chi connectivity index (χ4n) is 1.77. The van der Waals surface area contributed by atoms with Crippen molar-refractivity contribution < 1.29 is 4.79 Å². The normalized spacial score (nSPS) is 20.5. The number of hydrogen-bond donors (Lipinski definition) is 0. The van der Waals surface area contributed by atoms with Gasteiger partial charge in [-0.1, -0.05) is 19.9 Å². The molecular weight excluding hydrogens is 188 g/mol. The molecule has 0 aromatic rings. The third kappa shape index (κ3) is 4.04. The summed E-state index contributed by atoms with van der Waals surface area (Å²) in [5.41, 5.74) is 0.297. The average Bonchev–Trinajstić information content (AvgIpc) is 2.45. The predicted octanol–water partition coefficient (Wildman–Crippen LogP) is 1.36. The largest absolute Gasteiger partial charge is 0.339 e. The number of hydrogen-bond acceptors (Lipinski definition) is 2. The van der Waals surface area contributed by atoms with Crippen LogP contribution in [0.4, 0.5) is 0 Å². The van der Waals surface area contributed by atoms with E-state index in [1.807, 2.05) is 30.0 Å². The van der Waals surface area contributed by atoms with Gasteiger partial charge in [-0.15, -0.1) is 0 Å². The Morgan fingerprint density at radius 2 is 2.13 bits per heavy atom. The van der Waals surface area contributed by atoms with E-state index in [0.29, 0.717) is 5.41 Å². The molecule has 3 nitrogen and oxygen atoms in total. The molecule has 1 rings (SSSR count). The smallest absolute Gasteiger partial charge is 0.246 e. The first-order valence-corrected chi connectivity index (χ1v) is 5.51. The molecule has 86 valence electrons. The van der Waals surface area contributed by atoms with Crippen molar-refractivity contribution in [1.29, 1.82) is 0 Å². The van der Waals surface area contributed by atoms with E-state index in [2.05, 4.69) is 13.8 Å². The maximum Gasteiger partial charge on any atom is 0.246 e. The lowest BCUT2D eigenvalue weighted by molar-refractivity contribution is -0.125. The highest BCUT2D eigenvalue weighted by Crippen LogP contribution is 2.28. The topological polar surface area (TPSA) is 23.6 Å². The molecule has 0 N–H and O–H groups in total. The van der Waals surface area contributed by atoms with Gasteiger partial charge in [-0.2, -0.15) is 0 Å². The van der Waals surface area contributed by atoms with Gasteiger partial charge in [-0.3, -0.25) is 4.79 Å². The Labute approximate surface area is 92.7 Å². The number of rotatable bonds is 3. The second-order valence-corrected chi connectivity index (χ2v) is 5.34. The van der Waals surface area contributed by atoms with Crippen LogP contribution in [0.5, 0.6) is 0 Å². The highest BCUT2D eigenvalue weighted by molar-refractivity contribution is 5.87. The molecule has 0 aliphatic carbocycles. The first-order chi connectivity index (χ1) is 6.91. The van der Waals surface area contributed by atoms with Crippen molar-refractivity contribution >= 4 is 5.91 Å². The van der Waals surface area contributed by atoms with E-state index >= 15 is 0 Å². The van der Waals surface area contributed by atoms with Crippen LogP contribution < -0.4 is 0 Å². The van der Waals surface area contributed by atoms with Crippen LogP contribution in [0.3, 0.4) is 0 Å². The average molecular weight is 210 g/mol. The van der Waals surface area contributed by atoms with Crippen LogP contribution in [0.1, 0.15) is 20.3 Å². The Balaban J connectivity index is 2.39. The second-order valence-electron chi connectivity index (χ2n) is 5.34. The lowest BCUT2D eigenvalue weighted by Crippen LogP contribution is -2.28. The third-order valence-corrected chi connectivity index (χ3v) is 2.72. The maximum atomic E-state index is 11.7. The van der Waals surface area contributed by atoms with Crippen molar-refractivity contribution in [2.75, 3.05) is 33.7 Å². The quantitative estimate of drug-likeness (QED) is 0.657. The van der Waals surface area contributed by atoms with Gasteiger partial charge in [0.05, 0.1) is 0 Å². The Hall–Kier alpha value is -0.830. The van der Waals surface area contributed by atoms with Crippen molar-refractivity contribution in [3.8, 4) is 0 Å². The molecule has 0 radical (unpaired) electrons. The second kappa shape index (κ2) is 4.79. The summed E-state index contributed by atoms with van der Waals surface area (Å²) in [5.74, 6) is 0.155. The molecule has 1 aliphatic rings. The monoisotopic (exact) mass is 210 g/mol. The summed E-state index contributed by atoms with van der Waals surface area (Å²) in [6.07, 6.45) is 4.73. The number of carbonyl (C=O) groups excluding carboxylic acids is 1. The Bertz CT molecular complexity index is 256. The van der Waals surface area contributed by atoms with Crippen LogP contribution in [-0.4, -0.2) is 49.4 Å². The number of likely N-dealkylation sites (N-methyl/N-ethyl adjacent to an activating group) is 1. The number of carbonyl (C=O) groups is 1. The van der Waals surface area contributed by atoms with E-state index in [1.54, 1.807) is 6.08 Å². The minimum absolute atomic E-state index is 0.155. The van der Waals surface area contributed by atoms with E-state index < -0.39 is 0 Å². The zero-order valence-electron chi connectivity index (χ0n) is 10.3. The highest BCUT2D eigenvalue weighted by Gasteiger charge is 2.30. The SMILES string of the molecule is CN(C)C/C=C/C(=O)N1CCC(C)(C)C1. The molecule has 1 amide bonds. The molecule has 1 aliphatic heterocycles. The Kier molecular flexibility index (Phi) is 3.91. The summed E-state index contributed by atoms with van der Waals surface area (Å²) in [6, 6.07) is 0. The molecule has 0 unspecified atom stereocenters. The summed E-state index contributed by atoms with van der Waals surface area (Å²) in [7, 11) is 3.99. The highest BCUT2D eigenvalue weighted by atomic mass is 16.2. The van der Waals surface area contributed by atoms with E-state index in [1.165, 1.54) is 0 Å². The fourth-order valence-corrected chi connectivity index (χ4v) is 1.77. The van der Waals surface area contributed by atoms with Gasteiger partial charge in [-0.05, 0) is 25.9 Å². The van der Waals surface area contributed by atoms with Crippen LogP contribution in [-0.2, 0) is 4.79 Å². The molecule has 15 heavy (non-hydrogen) atoms. The molecule has 0 saturated carbocycles. The van der Waals surface area contributed by atoms with Crippen LogP contribution in [0.2, 0.25) is 0 Å². The molecule has 0 bridgehead atoms. The first kappa shape index (κ1) is 12.2. The molecule has 1 fully saturated rings. The molecular formula is C12H22N2O. The lowest BCUT2D eigenvalue weighted by Gasteiger charge is -2.18. The minimum atomic E-state index is 0.155. The summed E-state index contributed by atoms with van der Waals surface area (Å²) >= 11 is 0. The van der Waals surface area contributed by atoms with Crippen molar-refractivity contribution in [1.82, 2.24) is 9.80 Å². The van der Waals surface area contributed by atoms with E-state index in [4.69, 9.17) is 0 Å². The lowest BCUT2D eigenvalue weighted by atomic mass is 9.93. The number of nitrogens with zero attached hydrogens (tertiary/aromatic N) is 2. The molecule has 0 aromatic heterocycles. The molecule has 1 saturated heterocycles. The molecule has 0 aromatic carbocycles. The minimum Gasteiger partial charge on any atom is -0.339 e. The van der Waals surface area contributed by atoms with Gasteiger partial charge in [0, 0.05) is 25.7 Å². The van der Waals surface area contributed by atoms with Crippen molar-refractivity contribution in [3.05, 3.63) is 12.2 Å². The van der Waals surface area contributed by atoms with Crippen molar-refractivity contribution in [3.63, 3.8) is 0 Å². The van der Waals surface area contributed by atoms with Gasteiger partial charge < -0.3 is 9.80 Å². The molecule has 3 heteroatoms. The summed E-state index contributed by atoms with van der Waals surface area (Å²) in [4.78, 5) is 15.7. The first-order valence-electron chi connectivity index (χ1n) is 5.51. The van der Waals surface area contributed by atoms with Crippen molar-refractivity contribution in [2.24, 2.45) is 5.41 Å². The van der Waals surface area contributed by atoms with Gasteiger partial charge in [0.1, 0.15) is 0 Å². The Morgan fingerprint density at radius 1 is 1.47 bits per heavy atom. The number of amides is 1. The Morgan fingerprint density at radius 3 is 2.60 bits per heavy atom. The molecule has 0 spiro atoms. The van der Waals surface area contributed by atoms with Gasteiger partial charge >= 0.3 is 0 Å². The van der Waals surface area contributed by atoms with Crippen LogP contribution >= 0.6 is 0 Å². The zero-order chi connectivity index (χ0) is 11.5. The summed E-state index contributed by atoms with van der Waals surface area (Å²) in [5, 5.41) is 0. The fraction of sp³-hybridized carbons (Fsp3) is 0.750. The van der Waals surface area contributed by atoms with Crippen LogP contribution in [0.15, 0.2) is 12.2 Å². The van der Waals surface area contributed by atoms with Gasteiger partial charge in [0.25, 0.3) is 0 Å². The van der Waals surface area contributed by atoms with Gasteiger partial charge in [-0.25, -0.2) is 0 Å². The van der Waals surface area contributed by atoms with Crippen LogP contribution in [0.25, 0.3) is 0 Å². The van der Waals surface area contributed by atoms with Gasteiger partial charge in [0.15, 0.2) is 0 Å². The van der Waals surface area contributed by atoms with Gasteiger partial charge in [0.2, 0.25) is 5.91 Å². The summed E-state index contributed by atoms with van der Waals surface area (Å²) < 4.78 is 0. The van der Waals surface area contributed by atoms with Crippen molar-refractivity contribution in [2.45, 2.75) is 20.3 Å². The zero-order valence-corrected chi connectivity index (χ0v) is 10.3. The van der Waals surface area contributed by atoms with E-state index in [-0.39, 0.29) is 5.91 Å². The molecule has 1 heterocycles. The van der Waals surface area contributed by atoms with E-state index in [9.17, 15) is 4.79 Å². The third-order valence-electron chi connectivity index (χ3n) is 2.72. The molecule has 0 atom stereocenters. The summed E-state index contributed by atoms with van der Waals surface area (Å²) in [6.45, 7) is 7.03.